The predicted molar refractivity (Wildman–Crippen MR) is 40.9 cm³/mol. The van der Waals surface area contributed by atoms with E-state index in [4.69, 9.17) is 0 Å². The first-order valence-corrected chi connectivity index (χ1v) is 3.84. The molecule has 0 radical (unpaired) electrons. The molecule has 0 saturated carbocycles. The Morgan fingerprint density at radius 3 is 2.60 bits per heavy atom. The van der Waals surface area contributed by atoms with Gasteiger partial charge in [0.1, 0.15) is 5.78 Å². The Morgan fingerprint density at radius 1 is 1.50 bits per heavy atom. The summed E-state index contributed by atoms with van der Waals surface area (Å²) in [6.45, 7) is 5.17. The average Bonchev–Trinajstić information content (AvgIpc) is 1.82. The molecule has 1 fully saturated rings. The Labute approximate surface area is 62.2 Å². The van der Waals surface area contributed by atoms with Crippen molar-refractivity contribution in [1.82, 2.24) is 4.90 Å². The standard InChI is InChI=1S/C8H15NO/c1-6-4-8(10)7(2)9(3)5-6/h6-7H,4-5H2,1-3H3/t6-,7-/m0/s1. The second kappa shape index (κ2) is 2.70. The number of ketones is 1. The number of carbonyl (C=O) groups is 1. The van der Waals surface area contributed by atoms with Crippen molar-refractivity contribution in [1.29, 1.82) is 0 Å². The maximum Gasteiger partial charge on any atom is 0.149 e. The second-order valence-corrected chi connectivity index (χ2v) is 3.39. The highest BCUT2D eigenvalue weighted by Gasteiger charge is 2.26. The van der Waals surface area contributed by atoms with Crippen LogP contribution < -0.4 is 0 Å². The fourth-order valence-electron chi connectivity index (χ4n) is 1.47. The Balaban J connectivity index is 2.57. The summed E-state index contributed by atoms with van der Waals surface area (Å²) in [4.78, 5) is 13.3. The molecule has 0 aliphatic carbocycles. The van der Waals surface area contributed by atoms with E-state index in [1.165, 1.54) is 0 Å². The number of Topliss-reactive ketones (excluding diaryl/α,β-unsaturated/α-hetero) is 1. The third-order valence-corrected chi connectivity index (χ3v) is 2.28. The van der Waals surface area contributed by atoms with Gasteiger partial charge in [0, 0.05) is 13.0 Å². The minimum Gasteiger partial charge on any atom is -0.298 e. The first-order chi connectivity index (χ1) is 4.61. The molecule has 10 heavy (non-hydrogen) atoms. The van der Waals surface area contributed by atoms with Gasteiger partial charge >= 0.3 is 0 Å². The monoisotopic (exact) mass is 141 g/mol. The van der Waals surface area contributed by atoms with Crippen LogP contribution in [-0.2, 0) is 4.79 Å². The first-order valence-electron chi connectivity index (χ1n) is 3.84. The number of hydrogen-bond donors (Lipinski definition) is 0. The zero-order valence-electron chi connectivity index (χ0n) is 6.92. The molecule has 0 aromatic carbocycles. The van der Waals surface area contributed by atoms with Gasteiger partial charge in [-0.25, -0.2) is 0 Å². The number of hydrogen-bond acceptors (Lipinski definition) is 2. The molecule has 0 aromatic rings. The molecule has 0 amide bonds. The molecule has 0 bridgehead atoms. The average molecular weight is 141 g/mol. The number of nitrogens with zero attached hydrogens (tertiary/aromatic N) is 1. The number of piperidine rings is 1. The van der Waals surface area contributed by atoms with E-state index in [0.717, 1.165) is 13.0 Å². The van der Waals surface area contributed by atoms with E-state index in [1.807, 2.05) is 14.0 Å². The molecule has 0 spiro atoms. The summed E-state index contributed by atoms with van der Waals surface area (Å²) in [5, 5.41) is 0. The highest BCUT2D eigenvalue weighted by molar-refractivity contribution is 5.84. The van der Waals surface area contributed by atoms with E-state index in [1.54, 1.807) is 0 Å². The summed E-state index contributed by atoms with van der Waals surface area (Å²) in [5.41, 5.74) is 0. The normalized spacial score (nSPS) is 36.5. The van der Waals surface area contributed by atoms with Crippen LogP contribution in [0.25, 0.3) is 0 Å². The first kappa shape index (κ1) is 7.73. The molecular formula is C8H15NO. The van der Waals surface area contributed by atoms with E-state index < -0.39 is 0 Å². The highest BCUT2D eigenvalue weighted by Crippen LogP contribution is 2.15. The molecule has 2 atom stereocenters. The molecule has 1 saturated heterocycles. The van der Waals surface area contributed by atoms with E-state index in [-0.39, 0.29) is 6.04 Å². The minimum atomic E-state index is 0.149. The summed E-state index contributed by atoms with van der Waals surface area (Å²) in [5.74, 6) is 0.940. The third kappa shape index (κ3) is 1.37. The quantitative estimate of drug-likeness (QED) is 0.500. The lowest BCUT2D eigenvalue weighted by Crippen LogP contribution is -2.44. The molecule has 1 heterocycles. The maximum absolute atomic E-state index is 11.2. The van der Waals surface area contributed by atoms with Crippen molar-refractivity contribution in [3.63, 3.8) is 0 Å². The van der Waals surface area contributed by atoms with Gasteiger partial charge in [0.2, 0.25) is 0 Å². The molecule has 2 nitrogen and oxygen atoms in total. The van der Waals surface area contributed by atoms with Crippen molar-refractivity contribution < 1.29 is 4.79 Å². The smallest absolute Gasteiger partial charge is 0.149 e. The largest absolute Gasteiger partial charge is 0.298 e. The maximum atomic E-state index is 11.2. The van der Waals surface area contributed by atoms with Gasteiger partial charge in [-0.15, -0.1) is 0 Å². The zero-order chi connectivity index (χ0) is 7.72. The number of likely N-dealkylation sites (N-methyl/N-ethyl adjacent to an activating group) is 1. The van der Waals surface area contributed by atoms with Crippen LogP contribution in [0.15, 0.2) is 0 Å². The molecule has 1 aliphatic rings. The Bertz CT molecular complexity index is 144. The molecule has 58 valence electrons. The highest BCUT2D eigenvalue weighted by atomic mass is 16.1. The topological polar surface area (TPSA) is 20.3 Å². The summed E-state index contributed by atoms with van der Waals surface area (Å²) >= 11 is 0. The van der Waals surface area contributed by atoms with E-state index in [0.29, 0.717) is 11.7 Å². The van der Waals surface area contributed by atoms with Gasteiger partial charge in [-0.05, 0) is 19.9 Å². The van der Waals surface area contributed by atoms with Crippen molar-refractivity contribution in [3.8, 4) is 0 Å². The van der Waals surface area contributed by atoms with Gasteiger partial charge in [-0.2, -0.15) is 0 Å². The molecule has 0 aromatic heterocycles. The lowest BCUT2D eigenvalue weighted by molar-refractivity contribution is -0.127. The number of likely N-dealkylation sites (tertiary alicyclic amines) is 1. The number of rotatable bonds is 0. The van der Waals surface area contributed by atoms with Gasteiger partial charge in [0.25, 0.3) is 0 Å². The van der Waals surface area contributed by atoms with Crippen molar-refractivity contribution in [2.75, 3.05) is 13.6 Å². The van der Waals surface area contributed by atoms with Gasteiger partial charge in [-0.3, -0.25) is 9.69 Å². The molecule has 0 unspecified atom stereocenters. The van der Waals surface area contributed by atoms with E-state index in [9.17, 15) is 4.79 Å². The lowest BCUT2D eigenvalue weighted by Gasteiger charge is -2.32. The Hall–Kier alpha value is -0.370. The lowest BCUT2D eigenvalue weighted by atomic mass is 9.94. The SMILES string of the molecule is C[C@H]1CC(=O)[C@H](C)N(C)C1. The van der Waals surface area contributed by atoms with Crippen molar-refractivity contribution in [2.45, 2.75) is 26.3 Å². The van der Waals surface area contributed by atoms with Crippen LogP contribution in [0.5, 0.6) is 0 Å². The number of carbonyl (C=O) groups excluding carboxylic acids is 1. The van der Waals surface area contributed by atoms with Crippen LogP contribution in [0, 0.1) is 5.92 Å². The molecule has 1 rings (SSSR count). The van der Waals surface area contributed by atoms with Gasteiger partial charge in [-0.1, -0.05) is 6.92 Å². The minimum absolute atomic E-state index is 0.149. The molecule has 0 N–H and O–H groups in total. The summed E-state index contributed by atoms with van der Waals surface area (Å²) in [7, 11) is 2.01. The van der Waals surface area contributed by atoms with Gasteiger partial charge in [0.15, 0.2) is 0 Å². The van der Waals surface area contributed by atoms with Gasteiger partial charge < -0.3 is 0 Å². The van der Waals surface area contributed by atoms with Crippen LogP contribution in [0.3, 0.4) is 0 Å². The summed E-state index contributed by atoms with van der Waals surface area (Å²) in [6, 6.07) is 0.149. The van der Waals surface area contributed by atoms with E-state index >= 15 is 0 Å². The van der Waals surface area contributed by atoms with Crippen LogP contribution >= 0.6 is 0 Å². The van der Waals surface area contributed by atoms with Crippen LogP contribution in [-0.4, -0.2) is 30.3 Å². The Morgan fingerprint density at radius 2 is 2.10 bits per heavy atom. The summed E-state index contributed by atoms with van der Waals surface area (Å²) in [6.07, 6.45) is 0.769. The predicted octanol–water partition coefficient (Wildman–Crippen LogP) is 0.916. The van der Waals surface area contributed by atoms with Crippen LogP contribution in [0.1, 0.15) is 20.3 Å². The van der Waals surface area contributed by atoms with Crippen LogP contribution in [0.2, 0.25) is 0 Å². The molecule has 1 aliphatic heterocycles. The fourth-order valence-corrected chi connectivity index (χ4v) is 1.47. The van der Waals surface area contributed by atoms with Crippen LogP contribution in [0.4, 0.5) is 0 Å². The molecular weight excluding hydrogens is 126 g/mol. The summed E-state index contributed by atoms with van der Waals surface area (Å²) < 4.78 is 0. The Kier molecular flexibility index (Phi) is 2.09. The van der Waals surface area contributed by atoms with Crippen molar-refractivity contribution in [3.05, 3.63) is 0 Å². The zero-order valence-corrected chi connectivity index (χ0v) is 6.92. The fraction of sp³-hybridized carbons (Fsp3) is 0.875. The van der Waals surface area contributed by atoms with E-state index in [2.05, 4.69) is 11.8 Å². The third-order valence-electron chi connectivity index (χ3n) is 2.28. The molecule has 2 heteroatoms. The van der Waals surface area contributed by atoms with Gasteiger partial charge in [0.05, 0.1) is 6.04 Å². The van der Waals surface area contributed by atoms with Crippen molar-refractivity contribution >= 4 is 5.78 Å². The second-order valence-electron chi connectivity index (χ2n) is 3.39. The van der Waals surface area contributed by atoms with Crippen molar-refractivity contribution in [2.24, 2.45) is 5.92 Å².